The fourth-order valence-electron chi connectivity index (χ4n) is 1.99. The minimum atomic E-state index is -0.736. The highest BCUT2D eigenvalue weighted by molar-refractivity contribution is 5.69. The summed E-state index contributed by atoms with van der Waals surface area (Å²) in [5.41, 5.74) is 0. The number of esters is 1. The molecular weight excluding hydrogens is 222 g/mol. The number of rotatable bonds is 5. The van der Waals surface area contributed by atoms with Crippen LogP contribution in [0.3, 0.4) is 0 Å². The molecule has 0 aromatic heterocycles. The van der Waals surface area contributed by atoms with E-state index in [1.165, 1.54) is 6.92 Å². The summed E-state index contributed by atoms with van der Waals surface area (Å²) in [5, 5.41) is 8.78. The molecule has 17 heavy (non-hydrogen) atoms. The van der Waals surface area contributed by atoms with Crippen LogP contribution in [0.25, 0.3) is 0 Å². The number of aliphatic carboxylic acids is 1. The number of hydrogen-bond donors (Lipinski definition) is 1. The molecule has 0 bridgehead atoms. The summed E-state index contributed by atoms with van der Waals surface area (Å²) in [7, 11) is 0. The predicted octanol–water partition coefficient (Wildman–Crippen LogP) is 1.12. The molecule has 0 aromatic carbocycles. The summed E-state index contributed by atoms with van der Waals surface area (Å²) in [4.78, 5) is 23.7. The number of nitrogens with zero attached hydrogens (tertiary/aromatic N) is 1. The van der Waals surface area contributed by atoms with Gasteiger partial charge in [-0.3, -0.25) is 9.59 Å². The van der Waals surface area contributed by atoms with Gasteiger partial charge in [-0.1, -0.05) is 6.92 Å². The smallest absolute Gasteiger partial charge is 0.306 e. The number of hydrogen-bond acceptors (Lipinski definition) is 4. The molecule has 5 heteroatoms. The van der Waals surface area contributed by atoms with E-state index in [1.807, 2.05) is 0 Å². The summed E-state index contributed by atoms with van der Waals surface area (Å²) in [6.45, 7) is 5.73. The Labute approximate surface area is 102 Å². The predicted molar refractivity (Wildman–Crippen MR) is 62.6 cm³/mol. The van der Waals surface area contributed by atoms with Crippen molar-refractivity contribution < 1.29 is 19.4 Å². The Morgan fingerprint density at radius 2 is 2.00 bits per heavy atom. The lowest BCUT2D eigenvalue weighted by Crippen LogP contribution is -2.38. The van der Waals surface area contributed by atoms with Crippen LogP contribution in [0.2, 0.25) is 0 Å². The van der Waals surface area contributed by atoms with Crippen molar-refractivity contribution in [2.45, 2.75) is 39.2 Å². The van der Waals surface area contributed by atoms with Gasteiger partial charge in [0.1, 0.15) is 6.10 Å². The molecule has 0 aromatic rings. The van der Waals surface area contributed by atoms with E-state index < -0.39 is 5.97 Å². The molecule has 1 fully saturated rings. The van der Waals surface area contributed by atoms with Crippen molar-refractivity contribution in [3.05, 3.63) is 0 Å². The number of carbonyl (C=O) groups is 2. The van der Waals surface area contributed by atoms with Crippen LogP contribution in [0.1, 0.15) is 33.1 Å². The Bertz CT molecular complexity index is 272. The van der Waals surface area contributed by atoms with Crippen LogP contribution in [0.15, 0.2) is 0 Å². The summed E-state index contributed by atoms with van der Waals surface area (Å²) >= 11 is 0. The van der Waals surface area contributed by atoms with Crippen LogP contribution in [0, 0.1) is 5.92 Å². The van der Waals surface area contributed by atoms with Gasteiger partial charge in [0, 0.05) is 20.0 Å². The molecule has 1 rings (SSSR count). The van der Waals surface area contributed by atoms with Crippen LogP contribution in [-0.2, 0) is 14.3 Å². The molecule has 0 unspecified atom stereocenters. The van der Waals surface area contributed by atoms with E-state index in [4.69, 9.17) is 9.84 Å². The number of ether oxygens (including phenoxy) is 1. The molecule has 0 saturated carbocycles. The number of likely N-dealkylation sites (tertiary alicyclic amines) is 1. The average Bonchev–Trinajstić information content (AvgIpc) is 2.26. The molecule has 1 saturated heterocycles. The van der Waals surface area contributed by atoms with Gasteiger partial charge >= 0.3 is 11.9 Å². The lowest BCUT2D eigenvalue weighted by molar-refractivity contribution is -0.148. The van der Waals surface area contributed by atoms with Gasteiger partial charge < -0.3 is 14.7 Å². The first-order valence-corrected chi connectivity index (χ1v) is 6.11. The van der Waals surface area contributed by atoms with Crippen LogP contribution >= 0.6 is 0 Å². The second-order valence-corrected chi connectivity index (χ2v) is 4.68. The van der Waals surface area contributed by atoms with E-state index in [1.54, 1.807) is 6.92 Å². The maximum absolute atomic E-state index is 10.8. The van der Waals surface area contributed by atoms with Gasteiger partial charge in [-0.05, 0) is 25.8 Å². The molecule has 0 radical (unpaired) electrons. The fourth-order valence-corrected chi connectivity index (χ4v) is 1.99. The zero-order valence-electron chi connectivity index (χ0n) is 10.5. The van der Waals surface area contributed by atoms with E-state index in [-0.39, 0.29) is 18.0 Å². The Kier molecular flexibility index (Phi) is 5.41. The Hall–Kier alpha value is -1.10. The molecule has 0 aliphatic carbocycles. The summed E-state index contributed by atoms with van der Waals surface area (Å²) in [6, 6.07) is 0. The van der Waals surface area contributed by atoms with Crippen LogP contribution in [0.5, 0.6) is 0 Å². The SMILES string of the molecule is CC(=O)OC1CCN(CC[C@H](C)C(=O)O)CC1. The second kappa shape index (κ2) is 6.59. The molecule has 5 nitrogen and oxygen atoms in total. The number of carbonyl (C=O) groups excluding carboxylic acids is 1. The van der Waals surface area contributed by atoms with Crippen molar-refractivity contribution in [1.82, 2.24) is 4.90 Å². The minimum absolute atomic E-state index is 0.0423. The second-order valence-electron chi connectivity index (χ2n) is 4.68. The summed E-state index contributed by atoms with van der Waals surface area (Å²) in [6.07, 6.45) is 2.41. The number of carboxylic acids is 1. The van der Waals surface area contributed by atoms with Gasteiger partial charge in [-0.25, -0.2) is 0 Å². The van der Waals surface area contributed by atoms with Crippen molar-refractivity contribution in [2.75, 3.05) is 19.6 Å². The molecule has 0 spiro atoms. The van der Waals surface area contributed by atoms with E-state index in [0.717, 1.165) is 32.5 Å². The molecule has 1 N–H and O–H groups in total. The highest BCUT2D eigenvalue weighted by atomic mass is 16.5. The largest absolute Gasteiger partial charge is 0.481 e. The number of piperidine rings is 1. The quantitative estimate of drug-likeness (QED) is 0.733. The zero-order valence-corrected chi connectivity index (χ0v) is 10.5. The van der Waals surface area contributed by atoms with Crippen molar-refractivity contribution in [2.24, 2.45) is 5.92 Å². The molecule has 1 aliphatic heterocycles. The first-order chi connectivity index (χ1) is 7.99. The highest BCUT2D eigenvalue weighted by Gasteiger charge is 2.22. The summed E-state index contributed by atoms with van der Waals surface area (Å²) in [5.74, 6) is -1.25. The Morgan fingerprint density at radius 1 is 1.41 bits per heavy atom. The highest BCUT2D eigenvalue weighted by Crippen LogP contribution is 2.15. The van der Waals surface area contributed by atoms with Gasteiger partial charge in [-0.2, -0.15) is 0 Å². The molecule has 1 aliphatic rings. The third-order valence-electron chi connectivity index (χ3n) is 3.17. The first-order valence-electron chi connectivity index (χ1n) is 6.11. The van der Waals surface area contributed by atoms with E-state index in [2.05, 4.69) is 4.90 Å². The van der Waals surface area contributed by atoms with Crippen LogP contribution in [-0.4, -0.2) is 47.7 Å². The Balaban J connectivity index is 2.19. The third kappa shape index (κ3) is 5.17. The van der Waals surface area contributed by atoms with Gasteiger partial charge in [0.2, 0.25) is 0 Å². The Morgan fingerprint density at radius 3 is 2.47 bits per heavy atom. The normalized spacial score (nSPS) is 19.9. The van der Waals surface area contributed by atoms with Crippen molar-refractivity contribution in [3.63, 3.8) is 0 Å². The molecule has 1 heterocycles. The van der Waals surface area contributed by atoms with Crippen LogP contribution < -0.4 is 0 Å². The molecule has 98 valence electrons. The van der Waals surface area contributed by atoms with Crippen LogP contribution in [0.4, 0.5) is 0 Å². The standard InChI is InChI=1S/C12H21NO4/c1-9(12(15)16)3-6-13-7-4-11(5-8-13)17-10(2)14/h9,11H,3-8H2,1-2H3,(H,15,16)/t9-/m0/s1. The average molecular weight is 243 g/mol. The van der Waals surface area contributed by atoms with Gasteiger partial charge in [0.15, 0.2) is 0 Å². The first kappa shape index (κ1) is 14.0. The van der Waals surface area contributed by atoms with E-state index in [0.29, 0.717) is 6.42 Å². The van der Waals surface area contributed by atoms with Gasteiger partial charge in [0.25, 0.3) is 0 Å². The van der Waals surface area contributed by atoms with Crippen molar-refractivity contribution in [3.8, 4) is 0 Å². The zero-order chi connectivity index (χ0) is 12.8. The summed E-state index contributed by atoms with van der Waals surface area (Å²) < 4.78 is 5.14. The molecule has 1 atom stereocenters. The van der Waals surface area contributed by atoms with Crippen molar-refractivity contribution >= 4 is 11.9 Å². The lowest BCUT2D eigenvalue weighted by Gasteiger charge is -2.31. The number of carboxylic acid groups (broad SMARTS) is 1. The monoisotopic (exact) mass is 243 g/mol. The van der Waals surface area contributed by atoms with E-state index in [9.17, 15) is 9.59 Å². The maximum Gasteiger partial charge on any atom is 0.306 e. The maximum atomic E-state index is 10.8. The van der Waals surface area contributed by atoms with Gasteiger partial charge in [-0.15, -0.1) is 0 Å². The minimum Gasteiger partial charge on any atom is -0.481 e. The van der Waals surface area contributed by atoms with E-state index >= 15 is 0 Å². The topological polar surface area (TPSA) is 66.8 Å². The van der Waals surface area contributed by atoms with Gasteiger partial charge in [0.05, 0.1) is 5.92 Å². The lowest BCUT2D eigenvalue weighted by atomic mass is 10.0. The third-order valence-corrected chi connectivity index (χ3v) is 3.17. The molecular formula is C12H21NO4. The fraction of sp³-hybridized carbons (Fsp3) is 0.833. The van der Waals surface area contributed by atoms with Crippen molar-refractivity contribution in [1.29, 1.82) is 0 Å². The molecule has 0 amide bonds.